The maximum absolute atomic E-state index is 15.0. The lowest BCUT2D eigenvalue weighted by Crippen LogP contribution is -2.64. The van der Waals surface area contributed by atoms with Crippen molar-refractivity contribution < 1.29 is 82.8 Å². The first-order chi connectivity index (χ1) is 52.1. The highest BCUT2D eigenvalue weighted by atomic mass is 32.2. The number of phenols is 2. The van der Waals surface area contributed by atoms with Crippen molar-refractivity contribution in [2.45, 2.75) is 216 Å². The van der Waals surface area contributed by atoms with Crippen LogP contribution in [-0.2, 0) is 93.1 Å². The van der Waals surface area contributed by atoms with E-state index in [1.807, 2.05) is 24.3 Å². The molecule has 110 heavy (non-hydrogen) atoms. The molecular formula is C76H103N15O17S2. The minimum atomic E-state index is -1.96. The summed E-state index contributed by atoms with van der Waals surface area (Å²) in [5.41, 5.74) is 6.28. The van der Waals surface area contributed by atoms with Gasteiger partial charge in [0, 0.05) is 79.4 Å². The van der Waals surface area contributed by atoms with E-state index in [0.717, 1.165) is 11.1 Å². The molecule has 13 amide bonds. The van der Waals surface area contributed by atoms with Gasteiger partial charge in [0.15, 0.2) is 0 Å². The number of carbonyl (C=O) groups excluding carboxylic acids is 13. The van der Waals surface area contributed by atoms with Gasteiger partial charge in [-0.05, 0) is 129 Å². The molecular weight excluding hydrogens is 1460 g/mol. The van der Waals surface area contributed by atoms with E-state index >= 15 is 14.4 Å². The number of aromatic hydroxyl groups is 2. The number of benzene rings is 3. The zero-order chi connectivity index (χ0) is 80.6. The Morgan fingerprint density at radius 3 is 1.73 bits per heavy atom. The molecule has 0 aliphatic carbocycles. The van der Waals surface area contributed by atoms with Gasteiger partial charge in [-0.2, -0.15) is 23.5 Å². The van der Waals surface area contributed by atoms with Gasteiger partial charge in [0.1, 0.15) is 83.1 Å². The van der Waals surface area contributed by atoms with Gasteiger partial charge in [-0.15, -0.1) is 0 Å². The molecule has 2 aliphatic rings. The fourth-order valence-electron chi connectivity index (χ4n) is 12.2. The normalized spacial score (nSPS) is 24.7. The number of nitrogens with two attached hydrogens (primary N) is 1. The summed E-state index contributed by atoms with van der Waals surface area (Å²) >= 11 is 2.69. The average molecular weight is 1560 g/mol. The topological polar surface area (TPSA) is 502 Å². The Labute approximate surface area is 646 Å². The Morgan fingerprint density at radius 2 is 1.12 bits per heavy atom. The molecule has 12 atom stereocenters. The highest BCUT2D eigenvalue weighted by Gasteiger charge is 2.41. The largest absolute Gasteiger partial charge is 0.508 e. The van der Waals surface area contributed by atoms with Gasteiger partial charge in [-0.25, -0.2) is 4.98 Å². The number of aliphatic hydroxyl groups is 2. The van der Waals surface area contributed by atoms with Gasteiger partial charge >= 0.3 is 0 Å². The van der Waals surface area contributed by atoms with E-state index in [0.29, 0.717) is 45.0 Å². The zero-order valence-corrected chi connectivity index (χ0v) is 64.5. The number of H-pyrrole nitrogens is 1. The van der Waals surface area contributed by atoms with Crippen LogP contribution in [-0.4, -0.2) is 203 Å². The minimum absolute atomic E-state index is 0.0339. The molecule has 2 aliphatic heterocycles. The molecule has 0 unspecified atom stereocenters. The number of thioether (sulfide) groups is 2. The fraction of sp³-hybridized carbons (Fsp3) is 0.500. The van der Waals surface area contributed by atoms with Gasteiger partial charge in [0.05, 0.1) is 12.2 Å². The number of amides is 13. The van der Waals surface area contributed by atoms with Crippen LogP contribution in [0.4, 0.5) is 0 Å². The van der Waals surface area contributed by atoms with E-state index < -0.39 is 173 Å². The third kappa shape index (κ3) is 26.5. The molecule has 5 aromatic rings. The van der Waals surface area contributed by atoms with E-state index in [2.05, 4.69) is 73.8 Å². The molecule has 2 aromatic heterocycles. The van der Waals surface area contributed by atoms with Crippen molar-refractivity contribution >= 4 is 111 Å². The summed E-state index contributed by atoms with van der Waals surface area (Å²) in [5.74, 6) is -11.0. The molecule has 4 heterocycles. The number of carbonyl (C=O) groups is 13. The third-order valence-electron chi connectivity index (χ3n) is 18.5. The van der Waals surface area contributed by atoms with E-state index in [1.165, 1.54) is 106 Å². The number of aromatic amines is 1. The maximum Gasteiger partial charge on any atom is 0.245 e. The number of pyridine rings is 1. The van der Waals surface area contributed by atoms with Gasteiger partial charge in [0.25, 0.3) is 0 Å². The van der Waals surface area contributed by atoms with Crippen LogP contribution in [0.2, 0.25) is 0 Å². The Hall–Kier alpha value is -10.3. The van der Waals surface area contributed by atoms with Crippen molar-refractivity contribution in [1.29, 1.82) is 0 Å². The van der Waals surface area contributed by atoms with Crippen LogP contribution in [0.5, 0.6) is 11.5 Å². The Bertz CT molecular complexity index is 4080. The third-order valence-corrected chi connectivity index (χ3v) is 20.6. The lowest BCUT2D eigenvalue weighted by molar-refractivity contribution is -0.138. The summed E-state index contributed by atoms with van der Waals surface area (Å²) in [6, 6.07) is 6.66. The number of phenolic OH excluding ortho intramolecular Hbond substituents is 2. The minimum Gasteiger partial charge on any atom is -0.508 e. The van der Waals surface area contributed by atoms with Crippen molar-refractivity contribution in [3.8, 4) is 11.5 Å². The second kappa shape index (κ2) is 40.9. The highest BCUT2D eigenvalue weighted by Crippen LogP contribution is 2.25. The van der Waals surface area contributed by atoms with Crippen LogP contribution in [0.1, 0.15) is 135 Å². The van der Waals surface area contributed by atoms with Gasteiger partial charge in [-0.1, -0.05) is 82.6 Å². The van der Waals surface area contributed by atoms with E-state index in [9.17, 15) is 68.4 Å². The Morgan fingerprint density at radius 1 is 0.582 bits per heavy atom. The molecule has 7 rings (SSSR count). The number of hydrogen-bond donors (Lipinski definition) is 18. The summed E-state index contributed by atoms with van der Waals surface area (Å²) in [7, 11) is 0. The van der Waals surface area contributed by atoms with Crippen molar-refractivity contribution in [1.82, 2.24) is 73.8 Å². The number of primary amides is 1. The smallest absolute Gasteiger partial charge is 0.245 e. The molecule has 4 bridgehead atoms. The molecule has 19 N–H and O–H groups in total. The standard InChI is InChI=1S/C76H103N15O17S2/c1-9-14-51-65(99)83-53-27-28-58(96)78-30-11-10-18-52(67(101)89-60(41(2)92)71(105)85-56(69(103)81-51)36-47-37-80-64-50(47)17-13-31-79-64)82-68(102)54(34-43-19-23-48(94)24-20-43)86-73(107)62(75(4,5)6)88-59(97)29-32-109-38-45-15-12-16-46(33-45)39-110-40-57(63(77)98)87-72(106)61(42(3)93)90-74(108)76(7,8)91-70(104)55(84-66(53)100)35-44-21-25-49(95)26-22-44/h12-13,15-17,19-26,31,33,37,41-42,51-57,60-62,92-95H,9-11,14,18,27-30,32,34-36,38-40H2,1-8H3,(H2,77,98)(H,78,96)(H,79,80)(H,81,103)(H,82,102)(H,83,99)(H,84,100)(H,85,105)(H,86,107)(H,87,106)(H,88,97)(H,89,101)(H,90,108)(H,91,104)/t41-,42-,51+,52+,53+,54+,55+,56+,57+,60+,61+,62-/m1/s1. The van der Waals surface area contributed by atoms with Crippen molar-refractivity contribution in [2.24, 2.45) is 11.1 Å². The molecule has 596 valence electrons. The van der Waals surface area contributed by atoms with Crippen molar-refractivity contribution in [2.75, 3.05) is 18.1 Å². The monoisotopic (exact) mass is 1560 g/mol. The number of hydrogen-bond acceptors (Lipinski definition) is 20. The maximum atomic E-state index is 15.0. The lowest BCUT2D eigenvalue weighted by atomic mass is 9.85. The molecule has 32 nitrogen and oxygen atoms in total. The summed E-state index contributed by atoms with van der Waals surface area (Å²) in [4.78, 5) is 195. The predicted octanol–water partition coefficient (Wildman–Crippen LogP) is 0.488. The van der Waals surface area contributed by atoms with Crippen LogP contribution in [0.15, 0.2) is 97.3 Å². The molecule has 0 spiro atoms. The van der Waals surface area contributed by atoms with Crippen LogP contribution >= 0.6 is 23.5 Å². The number of aromatic nitrogens is 2. The highest BCUT2D eigenvalue weighted by molar-refractivity contribution is 7.98. The summed E-state index contributed by atoms with van der Waals surface area (Å²) in [5, 5.41) is 75.3. The number of fused-ring (bicyclic) bond motifs is 12. The van der Waals surface area contributed by atoms with E-state index in [1.54, 1.807) is 46.0 Å². The van der Waals surface area contributed by atoms with Crippen LogP contribution < -0.4 is 69.5 Å². The van der Waals surface area contributed by atoms with Crippen LogP contribution in [0.25, 0.3) is 11.0 Å². The number of nitrogens with zero attached hydrogens (tertiary/aromatic N) is 1. The van der Waals surface area contributed by atoms with Crippen molar-refractivity contribution in [3.05, 3.63) is 125 Å². The number of rotatable bonds is 11. The van der Waals surface area contributed by atoms with Gasteiger partial charge in [-0.3, -0.25) is 62.3 Å². The quantitative estimate of drug-likeness (QED) is 0.0855. The Balaban J connectivity index is 1.29. The van der Waals surface area contributed by atoms with Gasteiger partial charge < -0.3 is 94.9 Å². The molecule has 0 saturated carbocycles. The molecule has 1 saturated heterocycles. The molecule has 1 fully saturated rings. The molecule has 34 heteroatoms. The first-order valence-electron chi connectivity index (χ1n) is 36.6. The van der Waals surface area contributed by atoms with E-state index in [4.69, 9.17) is 5.73 Å². The Kier molecular flexibility index (Phi) is 32.3. The fourth-order valence-corrected chi connectivity index (χ4v) is 14.1. The summed E-state index contributed by atoms with van der Waals surface area (Å²) in [6.45, 7) is 11.7. The second-order valence-corrected chi connectivity index (χ2v) is 31.3. The predicted molar refractivity (Wildman–Crippen MR) is 411 cm³/mol. The number of nitrogens with one attached hydrogen (secondary N) is 13. The first-order valence-corrected chi connectivity index (χ1v) is 38.9. The van der Waals surface area contributed by atoms with Crippen LogP contribution in [0.3, 0.4) is 0 Å². The van der Waals surface area contributed by atoms with Gasteiger partial charge in [0.2, 0.25) is 76.8 Å². The number of aliphatic hydroxyl groups excluding tert-OH is 2. The van der Waals surface area contributed by atoms with Crippen LogP contribution in [0, 0.1) is 5.41 Å². The SMILES string of the molecule is CCC[C@@H]1NC(=O)[C@H](Cc2c[nH]c3ncccc23)NC(=O)[C@H]([C@@H](C)O)NC(=O)[C@@H]2CCCCNC(=O)CC[C@H](NC1=O)C(=O)N[C@@H](Cc1ccc(O)cc1)C(=O)NC(C)(C)C(=O)N[C@@H]([C@@H](C)O)C(=O)N[C@H](C(N)=O)CSCc1cccc(c1)CSCCC(=O)N[C@@H](C(C)(C)C)C(=O)N[C@@H](Cc1ccc(O)cc1)C(=O)N2. The zero-order valence-electron chi connectivity index (χ0n) is 62.9. The lowest BCUT2D eigenvalue weighted by Gasteiger charge is -2.32. The molecule has 0 radical (unpaired) electrons. The second-order valence-electron chi connectivity index (χ2n) is 29.2. The van der Waals surface area contributed by atoms with Crippen molar-refractivity contribution in [3.63, 3.8) is 0 Å². The summed E-state index contributed by atoms with van der Waals surface area (Å²) in [6.07, 6.45) is -1.83. The average Bonchev–Trinajstić information content (AvgIpc) is 1.41. The first kappa shape index (κ1) is 86.9. The summed E-state index contributed by atoms with van der Waals surface area (Å²) < 4.78 is 0. The molecule has 3 aromatic carbocycles. The van der Waals surface area contributed by atoms with E-state index in [-0.39, 0.29) is 81.6 Å².